The molecule has 344 valence electrons. The van der Waals surface area contributed by atoms with Gasteiger partial charge in [0.25, 0.3) is 11.5 Å². The summed E-state index contributed by atoms with van der Waals surface area (Å²) in [5.74, 6) is -0.348. The van der Waals surface area contributed by atoms with Gasteiger partial charge in [0.1, 0.15) is 22.8 Å². The number of likely N-dealkylation sites (tertiary alicyclic amines) is 1. The van der Waals surface area contributed by atoms with E-state index in [0.717, 1.165) is 82.0 Å². The molecule has 66 heavy (non-hydrogen) atoms. The highest BCUT2D eigenvalue weighted by Crippen LogP contribution is 2.39. The average molecular weight is 899 g/mol. The summed E-state index contributed by atoms with van der Waals surface area (Å²) >= 11 is 0. The number of allylic oxidation sites excluding steroid dienone is 1. The molecule has 3 aromatic heterocycles. The molecule has 18 heteroatoms. The number of carbonyl (C=O) groups is 3. The maximum absolute atomic E-state index is 15.3. The Morgan fingerprint density at radius 3 is 2.52 bits per heavy atom. The van der Waals surface area contributed by atoms with Crippen LogP contribution in [0.3, 0.4) is 0 Å². The second-order valence-electron chi connectivity index (χ2n) is 18.3. The van der Waals surface area contributed by atoms with Crippen LogP contribution in [-0.4, -0.2) is 115 Å². The summed E-state index contributed by atoms with van der Waals surface area (Å²) in [5, 5.41) is 24.4. The SMILES string of the molecule is C=CCn1c(=O)c2cnc(Nc3ccc(NCCNC4CCN(CC5CN(c6cc7c(cc6F)C(=O)N(C6CCC(=O)NC6=O)C7)C5)CC4)cc3)nc2n1-c1ccc2c(n1)[C@](O)(CC)CC2. The first kappa shape index (κ1) is 43.4. The normalized spacial score (nSPS) is 21.3. The number of halogens is 1. The molecule has 2 aromatic carbocycles. The summed E-state index contributed by atoms with van der Waals surface area (Å²) in [6, 6.07) is 14.5. The number of carbonyl (C=O) groups excluding carboxylic acids is 3. The van der Waals surface area contributed by atoms with Crippen molar-refractivity contribution in [1.82, 2.24) is 44.7 Å². The van der Waals surface area contributed by atoms with E-state index in [2.05, 4.69) is 37.7 Å². The molecular formula is C48H55FN12O5. The van der Waals surface area contributed by atoms with Crippen molar-refractivity contribution in [3.05, 3.63) is 106 Å². The lowest BCUT2D eigenvalue weighted by atomic mass is 9.95. The Morgan fingerprint density at radius 2 is 1.76 bits per heavy atom. The van der Waals surface area contributed by atoms with E-state index in [1.807, 2.05) is 48.2 Å². The van der Waals surface area contributed by atoms with Gasteiger partial charge >= 0.3 is 0 Å². The minimum Gasteiger partial charge on any atom is -0.384 e. The molecular weight excluding hydrogens is 844 g/mol. The van der Waals surface area contributed by atoms with E-state index >= 15 is 4.39 Å². The number of piperidine rings is 2. The molecule has 2 atom stereocenters. The molecule has 3 amide bonds. The molecule has 10 rings (SSSR count). The number of aliphatic hydroxyl groups is 1. The molecule has 5 N–H and O–H groups in total. The molecule has 5 aliphatic rings. The maximum atomic E-state index is 15.3. The van der Waals surface area contributed by atoms with Crippen LogP contribution in [0.5, 0.6) is 0 Å². The monoisotopic (exact) mass is 898 g/mol. The minimum absolute atomic E-state index is 0.178. The first-order valence-corrected chi connectivity index (χ1v) is 23.1. The van der Waals surface area contributed by atoms with Crippen molar-refractivity contribution in [2.24, 2.45) is 5.92 Å². The summed E-state index contributed by atoms with van der Waals surface area (Å²) in [6.07, 6.45) is 7.66. The van der Waals surface area contributed by atoms with E-state index in [-0.39, 0.29) is 43.3 Å². The predicted octanol–water partition coefficient (Wildman–Crippen LogP) is 3.95. The maximum Gasteiger partial charge on any atom is 0.278 e. The van der Waals surface area contributed by atoms with Gasteiger partial charge in [-0.15, -0.1) is 6.58 Å². The van der Waals surface area contributed by atoms with Crippen LogP contribution in [0.4, 0.5) is 27.4 Å². The zero-order chi connectivity index (χ0) is 45.7. The molecule has 17 nitrogen and oxygen atoms in total. The third kappa shape index (κ3) is 8.21. The number of anilines is 4. The van der Waals surface area contributed by atoms with E-state index < -0.39 is 23.4 Å². The zero-order valence-corrected chi connectivity index (χ0v) is 37.1. The Bertz CT molecular complexity index is 2780. The number of nitrogens with one attached hydrogen (secondary N) is 4. The largest absolute Gasteiger partial charge is 0.384 e. The molecule has 1 unspecified atom stereocenters. The van der Waals surface area contributed by atoms with Gasteiger partial charge in [0.2, 0.25) is 17.8 Å². The third-order valence-electron chi connectivity index (χ3n) is 14.0. The highest BCUT2D eigenvalue weighted by molar-refractivity contribution is 6.05. The summed E-state index contributed by atoms with van der Waals surface area (Å²) < 4.78 is 18.5. The Labute approximate surface area is 381 Å². The minimum atomic E-state index is -1.00. The van der Waals surface area contributed by atoms with Crippen LogP contribution in [0.2, 0.25) is 0 Å². The average Bonchev–Trinajstić information content (AvgIpc) is 3.91. The number of imide groups is 1. The molecule has 0 spiro atoms. The number of hydrogen-bond acceptors (Lipinski definition) is 13. The molecule has 0 saturated carbocycles. The Kier molecular flexibility index (Phi) is 11.6. The number of nitrogens with zero attached hydrogens (tertiary/aromatic N) is 8. The first-order valence-electron chi connectivity index (χ1n) is 23.1. The third-order valence-corrected chi connectivity index (χ3v) is 14.0. The molecule has 5 aromatic rings. The standard InChI is InChI=1S/C48H55FN12O5/c1-3-19-60-46(65)36-24-52-47(56-43(36)61(60)40-11-5-30-13-16-48(66,4-2)42(30)54-40)53-34-8-6-32(7-9-34)50-17-18-51-33-14-20-57(21-15-33)25-29-26-58(27-29)39-22-31-28-59(45(64)35(31)23-37(39)49)38-10-12-41(62)55-44(38)63/h3,5-9,11,22-24,29,33,38,50-51,66H,1,4,10,12-21,25-28H2,2H3,(H,52,53,56)(H,55,62,63)/t38?,48-/m0/s1. The molecule has 0 radical (unpaired) electrons. The molecule has 4 aliphatic heterocycles. The Balaban J connectivity index is 0.669. The fourth-order valence-corrected chi connectivity index (χ4v) is 10.3. The summed E-state index contributed by atoms with van der Waals surface area (Å²) in [6.45, 7) is 12.3. The van der Waals surface area contributed by atoms with Crippen molar-refractivity contribution in [3.8, 4) is 5.82 Å². The number of hydrogen-bond donors (Lipinski definition) is 5. The van der Waals surface area contributed by atoms with Crippen LogP contribution in [0, 0.1) is 11.7 Å². The van der Waals surface area contributed by atoms with Crippen LogP contribution >= 0.6 is 0 Å². The van der Waals surface area contributed by atoms with Crippen LogP contribution in [0.15, 0.2) is 72.2 Å². The number of aryl methyl sites for hydroxylation is 1. The van der Waals surface area contributed by atoms with Crippen LogP contribution < -0.4 is 31.7 Å². The second-order valence-corrected chi connectivity index (χ2v) is 18.3. The molecule has 0 bridgehead atoms. The fraction of sp³-hybridized carbons (Fsp3) is 0.438. The number of pyridine rings is 1. The van der Waals surface area contributed by atoms with Gasteiger partial charge in [-0.3, -0.25) is 24.5 Å². The topological polar surface area (TPSA) is 195 Å². The molecule has 1 aliphatic carbocycles. The lowest BCUT2D eigenvalue weighted by Gasteiger charge is -2.44. The molecule has 3 saturated heterocycles. The van der Waals surface area contributed by atoms with Gasteiger partial charge in [-0.05, 0) is 105 Å². The summed E-state index contributed by atoms with van der Waals surface area (Å²) in [7, 11) is 0. The summed E-state index contributed by atoms with van der Waals surface area (Å²) in [4.78, 5) is 70.7. The van der Waals surface area contributed by atoms with Crippen molar-refractivity contribution >= 4 is 51.8 Å². The van der Waals surface area contributed by atoms with E-state index in [1.165, 1.54) is 21.8 Å². The van der Waals surface area contributed by atoms with Gasteiger partial charge in [0.05, 0.1) is 17.9 Å². The molecule has 7 heterocycles. The van der Waals surface area contributed by atoms with Crippen molar-refractivity contribution < 1.29 is 23.9 Å². The van der Waals surface area contributed by atoms with Gasteiger partial charge in [0, 0.05) is 80.8 Å². The Hall–Kier alpha value is -6.50. The molecule has 3 fully saturated rings. The smallest absolute Gasteiger partial charge is 0.278 e. The number of fused-ring (bicyclic) bond motifs is 3. The number of amides is 3. The van der Waals surface area contributed by atoms with Crippen molar-refractivity contribution in [1.29, 1.82) is 0 Å². The van der Waals surface area contributed by atoms with Crippen LogP contribution in [0.25, 0.3) is 16.9 Å². The van der Waals surface area contributed by atoms with Crippen molar-refractivity contribution in [3.63, 3.8) is 0 Å². The highest BCUT2D eigenvalue weighted by atomic mass is 19.1. The van der Waals surface area contributed by atoms with Crippen LogP contribution in [-0.2, 0) is 34.7 Å². The number of benzene rings is 2. The number of rotatable bonds is 15. The second kappa shape index (κ2) is 17.7. The zero-order valence-electron chi connectivity index (χ0n) is 37.1. The van der Waals surface area contributed by atoms with Gasteiger partial charge in [-0.25, -0.2) is 23.7 Å². The number of aromatic nitrogens is 5. The lowest BCUT2D eigenvalue weighted by Crippen LogP contribution is -2.53. The van der Waals surface area contributed by atoms with E-state index in [4.69, 9.17) is 9.97 Å². The van der Waals surface area contributed by atoms with Gasteiger partial charge in [-0.1, -0.05) is 19.1 Å². The van der Waals surface area contributed by atoms with Crippen LogP contribution in [0.1, 0.15) is 72.6 Å². The van der Waals surface area contributed by atoms with Gasteiger partial charge < -0.3 is 35.8 Å². The predicted molar refractivity (Wildman–Crippen MR) is 247 cm³/mol. The van der Waals surface area contributed by atoms with Gasteiger partial charge in [-0.2, -0.15) is 4.98 Å². The van der Waals surface area contributed by atoms with E-state index in [9.17, 15) is 24.3 Å². The van der Waals surface area contributed by atoms with E-state index in [0.29, 0.717) is 70.1 Å². The fourth-order valence-electron chi connectivity index (χ4n) is 10.3. The Morgan fingerprint density at radius 1 is 0.970 bits per heavy atom. The quantitative estimate of drug-likeness (QED) is 0.0577. The highest BCUT2D eigenvalue weighted by Gasteiger charge is 2.41. The van der Waals surface area contributed by atoms with Crippen molar-refractivity contribution in [2.45, 2.75) is 82.6 Å². The lowest BCUT2D eigenvalue weighted by molar-refractivity contribution is -0.136. The van der Waals surface area contributed by atoms with Gasteiger partial charge in [0.15, 0.2) is 11.5 Å². The van der Waals surface area contributed by atoms with E-state index in [1.54, 1.807) is 16.8 Å². The van der Waals surface area contributed by atoms with Crippen molar-refractivity contribution in [2.75, 3.05) is 61.3 Å². The first-order chi connectivity index (χ1) is 32.0. The summed E-state index contributed by atoms with van der Waals surface area (Å²) in [5.41, 5.74) is 4.08.